The third kappa shape index (κ3) is 3.32. The van der Waals surface area contributed by atoms with E-state index in [1.54, 1.807) is 6.20 Å². The summed E-state index contributed by atoms with van der Waals surface area (Å²) in [5.74, 6) is 1.80. The molecule has 0 saturated heterocycles. The van der Waals surface area contributed by atoms with Crippen molar-refractivity contribution in [3.8, 4) is 5.75 Å². The minimum atomic E-state index is 0.464. The Bertz CT molecular complexity index is 261. The van der Waals surface area contributed by atoms with E-state index in [9.17, 15) is 0 Å². The predicted octanol–water partition coefficient (Wildman–Crippen LogP) is 2.09. The van der Waals surface area contributed by atoms with Crippen molar-refractivity contribution in [3.63, 3.8) is 0 Å². The lowest BCUT2D eigenvalue weighted by molar-refractivity contribution is 0.290. The van der Waals surface area contributed by atoms with Crippen LogP contribution in [-0.2, 0) is 0 Å². The van der Waals surface area contributed by atoms with E-state index in [0.29, 0.717) is 24.1 Å². The first kappa shape index (κ1) is 9.84. The topological polar surface area (TPSA) is 48.1 Å². The molecule has 0 amide bonds. The maximum Gasteiger partial charge on any atom is 0.166 e. The van der Waals surface area contributed by atoms with Gasteiger partial charge in [0.25, 0.3) is 0 Å². The lowest BCUT2D eigenvalue weighted by Crippen LogP contribution is -2.03. The van der Waals surface area contributed by atoms with Crippen LogP contribution in [0.3, 0.4) is 0 Å². The minimum absolute atomic E-state index is 0.464. The van der Waals surface area contributed by atoms with Gasteiger partial charge in [0.2, 0.25) is 0 Å². The van der Waals surface area contributed by atoms with Crippen LogP contribution in [0.25, 0.3) is 0 Å². The highest BCUT2D eigenvalue weighted by Gasteiger charge is 2.00. The van der Waals surface area contributed by atoms with Gasteiger partial charge in [-0.1, -0.05) is 13.8 Å². The first-order chi connectivity index (χ1) is 6.20. The van der Waals surface area contributed by atoms with E-state index in [-0.39, 0.29) is 0 Å². The van der Waals surface area contributed by atoms with Gasteiger partial charge < -0.3 is 10.5 Å². The molecule has 1 heterocycles. The Hall–Kier alpha value is -1.25. The van der Waals surface area contributed by atoms with Gasteiger partial charge in [-0.3, -0.25) is 0 Å². The summed E-state index contributed by atoms with van der Waals surface area (Å²) in [6.07, 6.45) is 2.69. The zero-order valence-electron chi connectivity index (χ0n) is 8.16. The van der Waals surface area contributed by atoms with Gasteiger partial charge in [-0.05, 0) is 24.5 Å². The lowest BCUT2D eigenvalue weighted by Gasteiger charge is -2.08. The van der Waals surface area contributed by atoms with Crippen molar-refractivity contribution in [3.05, 3.63) is 18.3 Å². The van der Waals surface area contributed by atoms with Crippen LogP contribution in [0.1, 0.15) is 20.3 Å². The Labute approximate surface area is 78.9 Å². The second-order valence-corrected chi connectivity index (χ2v) is 3.42. The molecule has 0 spiro atoms. The summed E-state index contributed by atoms with van der Waals surface area (Å²) in [5.41, 5.74) is 5.60. The van der Waals surface area contributed by atoms with Crippen molar-refractivity contribution in [2.45, 2.75) is 20.3 Å². The molecule has 0 saturated carbocycles. The highest BCUT2D eigenvalue weighted by molar-refractivity contribution is 5.44. The number of anilines is 1. The molecule has 1 rings (SSSR count). The number of nitrogens with two attached hydrogens (primary N) is 1. The molecule has 0 aromatic carbocycles. The van der Waals surface area contributed by atoms with Gasteiger partial charge in [0.05, 0.1) is 6.61 Å². The number of nitrogens with zero attached hydrogens (tertiary/aromatic N) is 1. The van der Waals surface area contributed by atoms with Crippen LogP contribution in [0.2, 0.25) is 0 Å². The van der Waals surface area contributed by atoms with Crippen LogP contribution < -0.4 is 10.5 Å². The van der Waals surface area contributed by atoms with E-state index in [4.69, 9.17) is 10.5 Å². The van der Waals surface area contributed by atoms with E-state index in [1.165, 1.54) is 0 Å². The largest absolute Gasteiger partial charge is 0.490 e. The molecule has 1 aromatic rings. The standard InChI is InChI=1S/C10H16N2O/c1-8(2)5-7-13-9-4-3-6-12-10(9)11/h3-4,6,8H,5,7H2,1-2H3,(H2,11,12). The van der Waals surface area contributed by atoms with Crippen LogP contribution in [0.15, 0.2) is 18.3 Å². The average molecular weight is 180 g/mol. The summed E-state index contributed by atoms with van der Waals surface area (Å²) < 4.78 is 5.46. The summed E-state index contributed by atoms with van der Waals surface area (Å²) in [4.78, 5) is 3.93. The van der Waals surface area contributed by atoms with Crippen LogP contribution in [-0.4, -0.2) is 11.6 Å². The van der Waals surface area contributed by atoms with Gasteiger partial charge in [0, 0.05) is 6.20 Å². The first-order valence-electron chi connectivity index (χ1n) is 4.53. The Morgan fingerprint density at radius 1 is 1.54 bits per heavy atom. The summed E-state index contributed by atoms with van der Waals surface area (Å²) in [6, 6.07) is 3.66. The van der Waals surface area contributed by atoms with E-state index < -0.39 is 0 Å². The smallest absolute Gasteiger partial charge is 0.166 e. The van der Waals surface area contributed by atoms with Crippen LogP contribution in [0.5, 0.6) is 5.75 Å². The average Bonchev–Trinajstić information content (AvgIpc) is 2.08. The molecule has 0 atom stereocenters. The first-order valence-corrected chi connectivity index (χ1v) is 4.53. The van der Waals surface area contributed by atoms with Crippen LogP contribution in [0.4, 0.5) is 5.82 Å². The SMILES string of the molecule is CC(C)CCOc1cccnc1N. The molecule has 0 aliphatic heterocycles. The number of hydrogen-bond acceptors (Lipinski definition) is 3. The monoisotopic (exact) mass is 180 g/mol. The molecule has 0 fully saturated rings. The lowest BCUT2D eigenvalue weighted by atomic mass is 10.1. The van der Waals surface area contributed by atoms with Gasteiger partial charge in [0.1, 0.15) is 0 Å². The fraction of sp³-hybridized carbons (Fsp3) is 0.500. The van der Waals surface area contributed by atoms with Crippen LogP contribution >= 0.6 is 0 Å². The normalized spacial score (nSPS) is 10.4. The fourth-order valence-electron chi connectivity index (χ4n) is 0.929. The number of ether oxygens (including phenoxy) is 1. The van der Waals surface area contributed by atoms with Crippen molar-refractivity contribution in [1.82, 2.24) is 4.98 Å². The van der Waals surface area contributed by atoms with E-state index in [0.717, 1.165) is 6.42 Å². The van der Waals surface area contributed by atoms with Gasteiger partial charge in [-0.15, -0.1) is 0 Å². The number of pyridine rings is 1. The third-order valence-corrected chi connectivity index (χ3v) is 1.75. The summed E-state index contributed by atoms with van der Waals surface area (Å²) >= 11 is 0. The zero-order valence-corrected chi connectivity index (χ0v) is 8.16. The molecule has 13 heavy (non-hydrogen) atoms. The maximum atomic E-state index is 5.60. The summed E-state index contributed by atoms with van der Waals surface area (Å²) in [6.45, 7) is 5.03. The molecular formula is C10H16N2O. The highest BCUT2D eigenvalue weighted by atomic mass is 16.5. The molecule has 0 aliphatic carbocycles. The fourth-order valence-corrected chi connectivity index (χ4v) is 0.929. The number of aromatic nitrogens is 1. The maximum absolute atomic E-state index is 5.60. The Morgan fingerprint density at radius 2 is 2.31 bits per heavy atom. The molecule has 3 heteroatoms. The van der Waals surface area contributed by atoms with Gasteiger partial charge in [-0.25, -0.2) is 4.98 Å². The van der Waals surface area contributed by atoms with E-state index in [1.807, 2.05) is 12.1 Å². The molecule has 0 aliphatic rings. The minimum Gasteiger partial charge on any atom is -0.490 e. The quantitative estimate of drug-likeness (QED) is 0.771. The molecule has 1 aromatic heterocycles. The molecule has 0 bridgehead atoms. The Balaban J connectivity index is 2.41. The van der Waals surface area contributed by atoms with Crippen molar-refractivity contribution in [2.24, 2.45) is 5.92 Å². The predicted molar refractivity (Wildman–Crippen MR) is 53.6 cm³/mol. The molecule has 2 N–H and O–H groups in total. The molecular weight excluding hydrogens is 164 g/mol. The third-order valence-electron chi connectivity index (χ3n) is 1.75. The summed E-state index contributed by atoms with van der Waals surface area (Å²) in [5, 5.41) is 0. The van der Waals surface area contributed by atoms with Crippen molar-refractivity contribution in [2.75, 3.05) is 12.3 Å². The van der Waals surface area contributed by atoms with Crippen LogP contribution in [0, 0.1) is 5.92 Å². The second-order valence-electron chi connectivity index (χ2n) is 3.42. The molecule has 3 nitrogen and oxygen atoms in total. The number of rotatable bonds is 4. The van der Waals surface area contributed by atoms with Gasteiger partial charge in [0.15, 0.2) is 11.6 Å². The zero-order chi connectivity index (χ0) is 9.68. The Morgan fingerprint density at radius 3 is 2.92 bits per heavy atom. The number of nitrogen functional groups attached to an aromatic ring is 1. The second kappa shape index (κ2) is 4.70. The highest BCUT2D eigenvalue weighted by Crippen LogP contribution is 2.17. The molecule has 0 radical (unpaired) electrons. The number of hydrogen-bond donors (Lipinski definition) is 1. The van der Waals surface area contributed by atoms with Gasteiger partial charge in [-0.2, -0.15) is 0 Å². The van der Waals surface area contributed by atoms with E-state index in [2.05, 4.69) is 18.8 Å². The van der Waals surface area contributed by atoms with E-state index >= 15 is 0 Å². The van der Waals surface area contributed by atoms with Gasteiger partial charge >= 0.3 is 0 Å². The molecule has 72 valence electrons. The summed E-state index contributed by atoms with van der Waals surface area (Å²) in [7, 11) is 0. The van der Waals surface area contributed by atoms with Crippen molar-refractivity contribution in [1.29, 1.82) is 0 Å². The van der Waals surface area contributed by atoms with Crippen molar-refractivity contribution < 1.29 is 4.74 Å². The van der Waals surface area contributed by atoms with Crippen molar-refractivity contribution >= 4 is 5.82 Å². The Kier molecular flexibility index (Phi) is 3.55. The molecule has 0 unspecified atom stereocenters.